The minimum atomic E-state index is -1.16. The molecule has 12 heteroatoms. The lowest BCUT2D eigenvalue weighted by molar-refractivity contribution is -0.149. The first-order chi connectivity index (χ1) is 23.2. The van der Waals surface area contributed by atoms with E-state index in [9.17, 15) is 23.9 Å². The zero-order valence-electron chi connectivity index (χ0n) is 26.4. The van der Waals surface area contributed by atoms with Crippen molar-refractivity contribution in [1.29, 1.82) is 0 Å². The Kier molecular flexibility index (Phi) is 8.34. The van der Waals surface area contributed by atoms with Gasteiger partial charge in [0.2, 0.25) is 11.8 Å². The highest BCUT2D eigenvalue weighted by Crippen LogP contribution is 2.47. The zero-order valence-corrected chi connectivity index (χ0v) is 26.4. The number of carbonyl (C=O) groups is 3. The molecule has 2 amide bonds. The maximum absolute atomic E-state index is 13.2. The Morgan fingerprint density at radius 1 is 0.896 bits per heavy atom. The molecule has 248 valence electrons. The van der Waals surface area contributed by atoms with Crippen LogP contribution in [-0.4, -0.2) is 72.1 Å². The number of rotatable bonds is 10. The van der Waals surface area contributed by atoms with Crippen LogP contribution in [0.25, 0.3) is 10.9 Å². The molecular weight excluding hydrogens is 617 g/mol. The number of benzene rings is 3. The quantitative estimate of drug-likeness (QED) is 0.189. The molecule has 3 heterocycles. The van der Waals surface area contributed by atoms with Gasteiger partial charge in [0.15, 0.2) is 0 Å². The number of nitrogens with one attached hydrogen (secondary N) is 2. The fraction of sp³-hybridized carbons (Fsp3) is 0.333. The largest absolute Gasteiger partial charge is 0.495 e. The summed E-state index contributed by atoms with van der Waals surface area (Å²) in [5.41, 5.74) is 1.52. The first kappa shape index (κ1) is 31.4. The molecule has 0 atom stereocenters. The normalized spacial score (nSPS) is 17.8. The van der Waals surface area contributed by atoms with Crippen LogP contribution in [0.4, 0.5) is 21.5 Å². The zero-order chi connectivity index (χ0) is 33.4. The fourth-order valence-corrected chi connectivity index (χ4v) is 6.53. The van der Waals surface area contributed by atoms with E-state index in [1.54, 1.807) is 43.6 Å². The number of hydrogen-bond acceptors (Lipinski definition) is 8. The highest BCUT2D eigenvalue weighted by Gasteiger charge is 2.56. The van der Waals surface area contributed by atoms with Crippen LogP contribution in [0.2, 0.25) is 0 Å². The molecule has 3 N–H and O–H groups in total. The number of carbonyl (C=O) groups excluding carboxylic acids is 2. The van der Waals surface area contributed by atoms with Crippen LogP contribution in [0.15, 0.2) is 72.9 Å². The lowest BCUT2D eigenvalue weighted by atomic mass is 9.93. The molecule has 48 heavy (non-hydrogen) atoms. The van der Waals surface area contributed by atoms with Crippen molar-refractivity contribution in [1.82, 2.24) is 9.88 Å². The molecule has 4 aromatic rings. The number of hydrogen-bond donors (Lipinski definition) is 3. The molecule has 1 aliphatic carbocycles. The second-order valence-corrected chi connectivity index (χ2v) is 12.7. The Hall–Kier alpha value is -5.23. The van der Waals surface area contributed by atoms with E-state index in [0.717, 1.165) is 42.5 Å². The number of nitrogens with zero attached hydrogens (tertiary/aromatic N) is 3. The third kappa shape index (κ3) is 6.23. The standard InChI is InChI=1S/C36H36FN5O6/c1-47-32-18-28-29(19-30(32)41-16-11-26(12-17-41)42-20-22(21-42)33(43)44)38-15-10-31(28)48-27-8-6-25(7-9-27)40-35(46)36(13-14-36)34(45)39-24-4-2-23(37)3-5-24/h2-10,15,18-19,22,26H,11-14,16-17,20-21H2,1H3,(H,39,45)(H,40,46)(H,43,44). The molecule has 3 aromatic carbocycles. The molecule has 3 aliphatic rings. The highest BCUT2D eigenvalue weighted by molar-refractivity contribution is 6.16. The molecule has 7 rings (SSSR count). The number of ether oxygens (including phenoxy) is 2. The molecule has 0 unspecified atom stereocenters. The first-order valence-corrected chi connectivity index (χ1v) is 16.1. The number of carboxylic acid groups (broad SMARTS) is 1. The van der Waals surface area contributed by atoms with E-state index in [1.165, 1.54) is 24.3 Å². The van der Waals surface area contributed by atoms with E-state index in [1.807, 2.05) is 12.1 Å². The van der Waals surface area contributed by atoms with Gasteiger partial charge in [-0.25, -0.2) is 4.39 Å². The van der Waals surface area contributed by atoms with Gasteiger partial charge in [-0.2, -0.15) is 0 Å². The Morgan fingerprint density at radius 3 is 2.10 bits per heavy atom. The minimum Gasteiger partial charge on any atom is -0.495 e. The fourth-order valence-electron chi connectivity index (χ4n) is 6.53. The van der Waals surface area contributed by atoms with Gasteiger partial charge in [-0.15, -0.1) is 0 Å². The number of aromatic nitrogens is 1. The van der Waals surface area contributed by atoms with Crippen LogP contribution < -0.4 is 25.0 Å². The molecule has 3 fully saturated rings. The molecule has 2 saturated heterocycles. The van der Waals surface area contributed by atoms with Crippen molar-refractivity contribution >= 4 is 45.7 Å². The average molecular weight is 654 g/mol. The van der Waals surface area contributed by atoms with Crippen molar-refractivity contribution in [2.75, 3.05) is 48.8 Å². The van der Waals surface area contributed by atoms with Gasteiger partial charge in [0.05, 0.1) is 24.2 Å². The van der Waals surface area contributed by atoms with E-state index in [0.29, 0.717) is 60.6 Å². The van der Waals surface area contributed by atoms with Crippen molar-refractivity contribution < 1.29 is 33.4 Å². The number of likely N-dealkylation sites (tertiary alicyclic amines) is 1. The van der Waals surface area contributed by atoms with Crippen LogP contribution >= 0.6 is 0 Å². The number of piperidine rings is 1. The SMILES string of the molecule is COc1cc2c(Oc3ccc(NC(=O)C4(C(=O)Nc5ccc(F)cc5)CC4)cc3)ccnc2cc1N1CCC(N2CC(C(=O)O)C2)CC1. The molecule has 2 aliphatic heterocycles. The summed E-state index contributed by atoms with van der Waals surface area (Å²) in [7, 11) is 1.64. The monoisotopic (exact) mass is 653 g/mol. The van der Waals surface area contributed by atoms with Crippen LogP contribution in [0.5, 0.6) is 17.2 Å². The Balaban J connectivity index is 0.993. The molecule has 1 aromatic heterocycles. The maximum atomic E-state index is 13.2. The molecule has 11 nitrogen and oxygen atoms in total. The van der Waals surface area contributed by atoms with Crippen LogP contribution in [0, 0.1) is 17.2 Å². The molecular formula is C36H36FN5O6. The second kappa shape index (κ2) is 12.8. The summed E-state index contributed by atoms with van der Waals surface area (Å²) in [5, 5.41) is 15.6. The van der Waals surface area contributed by atoms with Crippen LogP contribution in [0.1, 0.15) is 25.7 Å². The summed E-state index contributed by atoms with van der Waals surface area (Å²) < 4.78 is 25.3. The van der Waals surface area contributed by atoms with Gasteiger partial charge in [-0.05, 0) is 92.4 Å². The van der Waals surface area contributed by atoms with Gasteiger partial charge in [-0.3, -0.25) is 24.3 Å². The number of aliphatic carboxylic acids is 1. The van der Waals surface area contributed by atoms with Gasteiger partial charge in [0.1, 0.15) is 28.5 Å². The first-order valence-electron chi connectivity index (χ1n) is 16.1. The molecule has 0 radical (unpaired) electrons. The molecule has 0 bridgehead atoms. The Morgan fingerprint density at radius 2 is 1.52 bits per heavy atom. The summed E-state index contributed by atoms with van der Waals surface area (Å²) >= 11 is 0. The van der Waals surface area contributed by atoms with Crippen LogP contribution in [-0.2, 0) is 14.4 Å². The Labute approximate surface area is 276 Å². The van der Waals surface area contributed by atoms with Crippen LogP contribution in [0.3, 0.4) is 0 Å². The lowest BCUT2D eigenvalue weighted by Crippen LogP contribution is -2.57. The topological polar surface area (TPSA) is 133 Å². The van der Waals surface area contributed by atoms with Gasteiger partial charge >= 0.3 is 5.97 Å². The molecule has 1 saturated carbocycles. The van der Waals surface area contributed by atoms with Crippen molar-refractivity contribution in [3.05, 3.63) is 78.7 Å². The number of anilines is 3. The number of pyridine rings is 1. The van der Waals surface area contributed by atoms with Gasteiger partial charge < -0.3 is 30.1 Å². The summed E-state index contributed by atoms with van der Waals surface area (Å²) in [6, 6.07) is 18.5. The van der Waals surface area contributed by atoms with Crippen molar-refractivity contribution in [2.45, 2.75) is 31.7 Å². The molecule has 0 spiro atoms. The van der Waals surface area contributed by atoms with E-state index in [-0.39, 0.29) is 5.92 Å². The number of amides is 2. The number of carboxylic acids is 1. The Bertz CT molecular complexity index is 1850. The van der Waals surface area contributed by atoms with Crippen molar-refractivity contribution in [2.24, 2.45) is 11.3 Å². The number of halogens is 1. The van der Waals surface area contributed by atoms with E-state index in [2.05, 4.69) is 25.4 Å². The lowest BCUT2D eigenvalue weighted by Gasteiger charge is -2.46. The number of methoxy groups -OCH3 is 1. The summed E-state index contributed by atoms with van der Waals surface area (Å²) in [4.78, 5) is 46.4. The summed E-state index contributed by atoms with van der Waals surface area (Å²) in [5.74, 6) is -0.314. The van der Waals surface area contributed by atoms with Gasteiger partial charge in [0, 0.05) is 55.2 Å². The summed E-state index contributed by atoms with van der Waals surface area (Å²) in [6.45, 7) is 2.92. The third-order valence-electron chi connectivity index (χ3n) is 9.64. The highest BCUT2D eigenvalue weighted by atomic mass is 19.1. The van der Waals surface area contributed by atoms with Crippen molar-refractivity contribution in [3.8, 4) is 17.2 Å². The third-order valence-corrected chi connectivity index (χ3v) is 9.64. The average Bonchev–Trinajstić information content (AvgIpc) is 3.88. The van der Waals surface area contributed by atoms with Gasteiger partial charge in [0.25, 0.3) is 0 Å². The number of fused-ring (bicyclic) bond motifs is 1. The predicted octanol–water partition coefficient (Wildman–Crippen LogP) is 5.52. The smallest absolute Gasteiger partial charge is 0.309 e. The summed E-state index contributed by atoms with van der Waals surface area (Å²) in [6.07, 6.45) is 4.46. The second-order valence-electron chi connectivity index (χ2n) is 12.7. The minimum absolute atomic E-state index is 0.250. The van der Waals surface area contributed by atoms with E-state index < -0.39 is 29.0 Å². The van der Waals surface area contributed by atoms with E-state index >= 15 is 0 Å². The maximum Gasteiger partial charge on any atom is 0.309 e. The predicted molar refractivity (Wildman–Crippen MR) is 178 cm³/mol. The van der Waals surface area contributed by atoms with Gasteiger partial charge in [-0.1, -0.05) is 0 Å². The van der Waals surface area contributed by atoms with E-state index in [4.69, 9.17) is 9.47 Å². The van der Waals surface area contributed by atoms with Crippen molar-refractivity contribution in [3.63, 3.8) is 0 Å².